The van der Waals surface area contributed by atoms with Gasteiger partial charge in [-0.1, -0.05) is 26.7 Å². The first-order valence-corrected chi connectivity index (χ1v) is 9.20. The number of carbonyl (C=O) groups excluding carboxylic acids is 1. The van der Waals surface area contributed by atoms with Crippen LogP contribution in [0.5, 0.6) is 0 Å². The van der Waals surface area contributed by atoms with Gasteiger partial charge in [-0.25, -0.2) is 4.98 Å². The van der Waals surface area contributed by atoms with Crippen molar-refractivity contribution in [1.29, 1.82) is 0 Å². The second-order valence-electron chi connectivity index (χ2n) is 6.87. The molecule has 4 nitrogen and oxygen atoms in total. The molecule has 1 saturated carbocycles. The van der Waals surface area contributed by atoms with Gasteiger partial charge in [0, 0.05) is 25.6 Å². The highest BCUT2D eigenvalue weighted by molar-refractivity contribution is 7.13. The minimum atomic E-state index is 0.0928. The number of rotatable bonds is 6. The Labute approximate surface area is 138 Å². The maximum absolute atomic E-state index is 12.6. The highest BCUT2D eigenvalue weighted by Gasteiger charge is 2.25. The van der Waals surface area contributed by atoms with Crippen molar-refractivity contribution in [3.8, 4) is 0 Å². The molecule has 1 fully saturated rings. The van der Waals surface area contributed by atoms with Gasteiger partial charge in [0.1, 0.15) is 4.88 Å². The fourth-order valence-electron chi connectivity index (χ4n) is 2.91. The number of thiazole rings is 1. The topological polar surface area (TPSA) is 59.2 Å². The van der Waals surface area contributed by atoms with Crippen LogP contribution in [0.2, 0.25) is 0 Å². The van der Waals surface area contributed by atoms with E-state index in [1.165, 1.54) is 25.7 Å². The zero-order valence-electron chi connectivity index (χ0n) is 14.3. The molecule has 2 rings (SSSR count). The molecule has 22 heavy (non-hydrogen) atoms. The van der Waals surface area contributed by atoms with Crippen molar-refractivity contribution in [3.05, 3.63) is 15.6 Å². The van der Waals surface area contributed by atoms with E-state index < -0.39 is 0 Å². The van der Waals surface area contributed by atoms with E-state index in [1.54, 1.807) is 16.2 Å². The molecule has 124 valence electrons. The minimum Gasteiger partial charge on any atom is -0.341 e. The van der Waals surface area contributed by atoms with Crippen molar-refractivity contribution in [1.82, 2.24) is 9.88 Å². The van der Waals surface area contributed by atoms with E-state index in [-0.39, 0.29) is 11.9 Å². The van der Waals surface area contributed by atoms with Crippen LogP contribution in [0.15, 0.2) is 0 Å². The van der Waals surface area contributed by atoms with E-state index in [0.29, 0.717) is 18.4 Å². The molecule has 0 aliphatic heterocycles. The molecule has 1 aromatic heterocycles. The van der Waals surface area contributed by atoms with Crippen LogP contribution in [-0.4, -0.2) is 35.4 Å². The van der Waals surface area contributed by atoms with Gasteiger partial charge in [-0.3, -0.25) is 4.79 Å². The Morgan fingerprint density at radius 3 is 2.64 bits per heavy atom. The van der Waals surface area contributed by atoms with Crippen LogP contribution >= 0.6 is 11.3 Å². The lowest BCUT2D eigenvalue weighted by atomic mass is 10.0. The number of carbonyl (C=O) groups is 1. The van der Waals surface area contributed by atoms with E-state index in [1.807, 2.05) is 14.0 Å². The zero-order valence-corrected chi connectivity index (χ0v) is 15.1. The average molecular weight is 324 g/mol. The number of aromatic nitrogens is 1. The van der Waals surface area contributed by atoms with Gasteiger partial charge in [0.15, 0.2) is 0 Å². The molecule has 0 saturated heterocycles. The molecule has 2 N–H and O–H groups in total. The molecule has 1 amide bonds. The summed E-state index contributed by atoms with van der Waals surface area (Å²) in [7, 11) is 1.86. The molecule has 1 unspecified atom stereocenters. The maximum Gasteiger partial charge on any atom is 0.265 e. The monoisotopic (exact) mass is 323 g/mol. The quantitative estimate of drug-likeness (QED) is 0.871. The summed E-state index contributed by atoms with van der Waals surface area (Å²) >= 11 is 1.60. The molecule has 1 aromatic rings. The fraction of sp³-hybridized carbons (Fsp3) is 0.765. The van der Waals surface area contributed by atoms with Gasteiger partial charge >= 0.3 is 0 Å². The van der Waals surface area contributed by atoms with E-state index in [0.717, 1.165) is 22.0 Å². The number of hydrogen-bond acceptors (Lipinski definition) is 4. The second kappa shape index (κ2) is 7.55. The van der Waals surface area contributed by atoms with Gasteiger partial charge in [-0.15, -0.1) is 11.3 Å². The zero-order chi connectivity index (χ0) is 16.3. The number of nitrogens with two attached hydrogens (primary N) is 1. The van der Waals surface area contributed by atoms with Crippen molar-refractivity contribution in [2.75, 3.05) is 13.6 Å². The Morgan fingerprint density at radius 1 is 1.41 bits per heavy atom. The summed E-state index contributed by atoms with van der Waals surface area (Å²) < 4.78 is 0. The molecular formula is C17H29N3OS. The average Bonchev–Trinajstić information content (AvgIpc) is 3.12. The summed E-state index contributed by atoms with van der Waals surface area (Å²) in [6.45, 7) is 6.89. The third-order valence-electron chi connectivity index (χ3n) is 4.71. The standard InChI is InChI=1S/C17H29N3OS/c1-11(2)14(18)9-10-20(4)17(21)15-12(3)19-16(22-15)13-7-5-6-8-13/h11,13-14H,5-10,18H2,1-4H3. The van der Waals surface area contributed by atoms with Crippen LogP contribution in [0.1, 0.15) is 72.2 Å². The highest BCUT2D eigenvalue weighted by atomic mass is 32.1. The summed E-state index contributed by atoms with van der Waals surface area (Å²) in [6, 6.07) is 0.145. The third kappa shape index (κ3) is 4.07. The molecule has 1 heterocycles. The lowest BCUT2D eigenvalue weighted by Gasteiger charge is -2.21. The number of amides is 1. The van der Waals surface area contributed by atoms with Crippen molar-refractivity contribution in [2.45, 2.75) is 64.8 Å². The molecule has 0 spiro atoms. The van der Waals surface area contributed by atoms with Gasteiger partial charge in [0.25, 0.3) is 5.91 Å². The van der Waals surface area contributed by atoms with Crippen molar-refractivity contribution < 1.29 is 4.79 Å². The van der Waals surface area contributed by atoms with Gasteiger partial charge in [-0.05, 0) is 32.1 Å². The minimum absolute atomic E-state index is 0.0928. The van der Waals surface area contributed by atoms with Crippen LogP contribution in [0.25, 0.3) is 0 Å². The lowest BCUT2D eigenvalue weighted by Crippen LogP contribution is -2.34. The lowest BCUT2D eigenvalue weighted by molar-refractivity contribution is 0.0793. The Hall–Kier alpha value is -0.940. The first-order valence-electron chi connectivity index (χ1n) is 8.38. The SMILES string of the molecule is Cc1nc(C2CCCC2)sc1C(=O)N(C)CCC(N)C(C)C. The first kappa shape index (κ1) is 17.4. The smallest absolute Gasteiger partial charge is 0.265 e. The van der Waals surface area contributed by atoms with Crippen LogP contribution in [0.4, 0.5) is 0 Å². The molecular weight excluding hydrogens is 294 g/mol. The van der Waals surface area contributed by atoms with E-state index in [9.17, 15) is 4.79 Å². The third-order valence-corrected chi connectivity index (χ3v) is 6.02. The predicted molar refractivity (Wildman–Crippen MR) is 92.5 cm³/mol. The Balaban J connectivity index is 1.99. The molecule has 1 aliphatic rings. The van der Waals surface area contributed by atoms with Gasteiger partial charge in [-0.2, -0.15) is 0 Å². The molecule has 0 aromatic carbocycles. The summed E-state index contributed by atoms with van der Waals surface area (Å²) in [5.41, 5.74) is 6.96. The fourth-order valence-corrected chi connectivity index (χ4v) is 4.14. The Bertz CT molecular complexity index is 506. The number of hydrogen-bond donors (Lipinski definition) is 1. The summed E-state index contributed by atoms with van der Waals surface area (Å²) in [5.74, 6) is 1.11. The van der Waals surface area contributed by atoms with Crippen LogP contribution in [-0.2, 0) is 0 Å². The van der Waals surface area contributed by atoms with E-state index >= 15 is 0 Å². The number of nitrogens with zero attached hydrogens (tertiary/aromatic N) is 2. The highest BCUT2D eigenvalue weighted by Crippen LogP contribution is 2.37. The van der Waals surface area contributed by atoms with Gasteiger partial charge in [0.2, 0.25) is 0 Å². The van der Waals surface area contributed by atoms with Crippen LogP contribution < -0.4 is 5.73 Å². The molecule has 1 atom stereocenters. The molecule has 0 radical (unpaired) electrons. The number of aryl methyl sites for hydroxylation is 1. The van der Waals surface area contributed by atoms with Crippen molar-refractivity contribution >= 4 is 17.2 Å². The van der Waals surface area contributed by atoms with Gasteiger partial charge in [0.05, 0.1) is 10.7 Å². The molecule has 5 heteroatoms. The predicted octanol–water partition coefficient (Wildman–Crippen LogP) is 3.55. The van der Waals surface area contributed by atoms with Gasteiger partial charge < -0.3 is 10.6 Å². The second-order valence-corrected chi connectivity index (χ2v) is 7.90. The van der Waals surface area contributed by atoms with Crippen molar-refractivity contribution in [2.24, 2.45) is 11.7 Å². The van der Waals surface area contributed by atoms with E-state index in [4.69, 9.17) is 5.73 Å². The Morgan fingerprint density at radius 2 is 2.05 bits per heavy atom. The molecule has 0 bridgehead atoms. The largest absolute Gasteiger partial charge is 0.341 e. The maximum atomic E-state index is 12.6. The summed E-state index contributed by atoms with van der Waals surface area (Å²) in [5, 5.41) is 1.16. The van der Waals surface area contributed by atoms with Crippen LogP contribution in [0.3, 0.4) is 0 Å². The van der Waals surface area contributed by atoms with Crippen molar-refractivity contribution in [3.63, 3.8) is 0 Å². The normalized spacial score (nSPS) is 17.2. The van der Waals surface area contributed by atoms with E-state index in [2.05, 4.69) is 18.8 Å². The summed E-state index contributed by atoms with van der Waals surface area (Å²) in [4.78, 5) is 19.9. The molecule has 1 aliphatic carbocycles. The summed E-state index contributed by atoms with van der Waals surface area (Å²) in [6.07, 6.45) is 5.87. The Kier molecular flexibility index (Phi) is 5.98. The van der Waals surface area contributed by atoms with Crippen LogP contribution in [0, 0.1) is 12.8 Å². The first-order chi connectivity index (χ1) is 10.4.